The Morgan fingerprint density at radius 2 is 2.36 bits per heavy atom. The van der Waals surface area contributed by atoms with Crippen LogP contribution in [0.3, 0.4) is 0 Å². The molecular formula is C7H8N2O2. The van der Waals surface area contributed by atoms with Gasteiger partial charge in [0.25, 0.3) is 0 Å². The minimum Gasteiger partial charge on any atom is -0.318 e. The Bertz CT molecular complexity index is 334. The molecule has 3 aliphatic carbocycles. The van der Waals surface area contributed by atoms with Crippen LogP contribution in [0.1, 0.15) is 19.3 Å². The molecular weight excluding hydrogens is 144 g/mol. The Morgan fingerprint density at radius 1 is 1.64 bits per heavy atom. The van der Waals surface area contributed by atoms with Crippen LogP contribution in [0.25, 0.3) is 0 Å². The van der Waals surface area contributed by atoms with Gasteiger partial charge in [-0.05, 0) is 25.2 Å². The van der Waals surface area contributed by atoms with Gasteiger partial charge in [-0.1, -0.05) is 0 Å². The normalized spacial score (nSPS) is 39.5. The molecule has 3 aliphatic rings. The van der Waals surface area contributed by atoms with Gasteiger partial charge in [-0.25, -0.2) is 4.79 Å². The third kappa shape index (κ3) is 0.514. The average molecular weight is 152 g/mol. The standard InChI is InChI=1S/C7H8N2O2/c10-6-8-4-9(11-6)7-1-5(2-7)3-7/h4-5H,1-3H2. The van der Waals surface area contributed by atoms with Crippen molar-refractivity contribution < 1.29 is 4.52 Å². The first-order chi connectivity index (χ1) is 5.28. The molecule has 0 unspecified atom stereocenters. The first-order valence-electron chi connectivity index (χ1n) is 3.84. The molecule has 2 bridgehead atoms. The Labute approximate surface area is 62.8 Å². The van der Waals surface area contributed by atoms with E-state index in [1.807, 2.05) is 0 Å². The first-order valence-corrected chi connectivity index (χ1v) is 3.84. The molecule has 0 spiro atoms. The van der Waals surface area contributed by atoms with Gasteiger partial charge in [-0.15, -0.1) is 0 Å². The molecule has 3 fully saturated rings. The van der Waals surface area contributed by atoms with E-state index in [4.69, 9.17) is 4.52 Å². The summed E-state index contributed by atoms with van der Waals surface area (Å²) < 4.78 is 6.51. The molecule has 0 aromatic carbocycles. The molecule has 1 aromatic rings. The smallest absolute Gasteiger partial charge is 0.318 e. The second-order valence-electron chi connectivity index (χ2n) is 3.63. The molecule has 4 heteroatoms. The summed E-state index contributed by atoms with van der Waals surface area (Å²) in [5, 5.41) is 0. The minimum absolute atomic E-state index is 0.167. The monoisotopic (exact) mass is 152 g/mol. The van der Waals surface area contributed by atoms with E-state index in [1.54, 1.807) is 4.74 Å². The minimum atomic E-state index is -0.477. The number of aromatic nitrogens is 2. The van der Waals surface area contributed by atoms with Gasteiger partial charge in [0, 0.05) is 0 Å². The van der Waals surface area contributed by atoms with Crippen molar-refractivity contribution in [3.05, 3.63) is 16.9 Å². The molecule has 0 aliphatic heterocycles. The lowest BCUT2D eigenvalue weighted by Gasteiger charge is -2.60. The SMILES string of the molecule is O=c1ncn(C23CC(C2)C3)o1. The highest BCUT2D eigenvalue weighted by atomic mass is 16.5. The van der Waals surface area contributed by atoms with E-state index in [0.29, 0.717) is 0 Å². The Balaban J connectivity index is 2.05. The Morgan fingerprint density at radius 3 is 2.73 bits per heavy atom. The molecule has 4 nitrogen and oxygen atoms in total. The predicted molar refractivity (Wildman–Crippen MR) is 36.1 cm³/mol. The molecule has 58 valence electrons. The van der Waals surface area contributed by atoms with Crippen molar-refractivity contribution >= 4 is 0 Å². The summed E-state index contributed by atoms with van der Waals surface area (Å²) >= 11 is 0. The molecule has 1 heterocycles. The highest BCUT2D eigenvalue weighted by molar-refractivity contribution is 5.09. The van der Waals surface area contributed by atoms with Crippen molar-refractivity contribution in [2.45, 2.75) is 24.8 Å². The maximum absolute atomic E-state index is 10.6. The quantitative estimate of drug-likeness (QED) is 0.583. The summed E-state index contributed by atoms with van der Waals surface area (Å²) in [7, 11) is 0. The maximum Gasteiger partial charge on any atom is 0.459 e. The maximum atomic E-state index is 10.6. The van der Waals surface area contributed by atoms with Gasteiger partial charge in [0.2, 0.25) is 0 Å². The van der Waals surface area contributed by atoms with Crippen molar-refractivity contribution in [1.82, 2.24) is 9.72 Å². The van der Waals surface area contributed by atoms with E-state index < -0.39 is 5.76 Å². The topological polar surface area (TPSA) is 48.0 Å². The van der Waals surface area contributed by atoms with E-state index >= 15 is 0 Å². The lowest BCUT2D eigenvalue weighted by Crippen LogP contribution is -2.58. The molecule has 0 saturated heterocycles. The van der Waals surface area contributed by atoms with Gasteiger partial charge in [0.15, 0.2) is 0 Å². The van der Waals surface area contributed by atoms with E-state index in [2.05, 4.69) is 4.98 Å². The van der Waals surface area contributed by atoms with Crippen LogP contribution in [-0.4, -0.2) is 9.72 Å². The fraction of sp³-hybridized carbons (Fsp3) is 0.714. The molecule has 11 heavy (non-hydrogen) atoms. The van der Waals surface area contributed by atoms with Crippen molar-refractivity contribution in [1.29, 1.82) is 0 Å². The van der Waals surface area contributed by atoms with Crippen molar-refractivity contribution in [2.75, 3.05) is 0 Å². The first kappa shape index (κ1) is 5.57. The van der Waals surface area contributed by atoms with Gasteiger partial charge in [-0.3, -0.25) is 0 Å². The molecule has 3 saturated carbocycles. The lowest BCUT2D eigenvalue weighted by molar-refractivity contribution is -0.135. The third-order valence-corrected chi connectivity index (χ3v) is 2.92. The van der Waals surface area contributed by atoms with E-state index in [0.717, 1.165) is 5.92 Å². The molecule has 0 atom stereocenters. The zero-order valence-electron chi connectivity index (χ0n) is 5.99. The largest absolute Gasteiger partial charge is 0.459 e. The zero-order valence-corrected chi connectivity index (χ0v) is 5.99. The Kier molecular flexibility index (Phi) is 0.718. The number of nitrogens with zero attached hydrogens (tertiary/aromatic N) is 2. The summed E-state index contributed by atoms with van der Waals surface area (Å²) in [5.41, 5.74) is 0.167. The fourth-order valence-corrected chi connectivity index (χ4v) is 2.15. The van der Waals surface area contributed by atoms with Crippen LogP contribution in [0.15, 0.2) is 15.6 Å². The highest BCUT2D eigenvalue weighted by Gasteiger charge is 2.59. The average Bonchev–Trinajstić information content (AvgIpc) is 2.06. The van der Waals surface area contributed by atoms with E-state index in [9.17, 15) is 4.79 Å². The van der Waals surface area contributed by atoms with Gasteiger partial charge >= 0.3 is 5.76 Å². The van der Waals surface area contributed by atoms with E-state index in [1.165, 1.54) is 25.6 Å². The van der Waals surface area contributed by atoms with Crippen LogP contribution in [0, 0.1) is 5.92 Å². The zero-order chi connectivity index (χ0) is 7.47. The van der Waals surface area contributed by atoms with Gasteiger partial charge < -0.3 is 4.52 Å². The summed E-state index contributed by atoms with van der Waals surface area (Å²) in [5.74, 6) is 0.414. The van der Waals surface area contributed by atoms with Crippen LogP contribution in [0.2, 0.25) is 0 Å². The van der Waals surface area contributed by atoms with E-state index in [-0.39, 0.29) is 5.54 Å². The molecule has 4 rings (SSSR count). The van der Waals surface area contributed by atoms with Crippen molar-refractivity contribution in [3.63, 3.8) is 0 Å². The van der Waals surface area contributed by atoms with Crippen LogP contribution < -0.4 is 5.76 Å². The van der Waals surface area contributed by atoms with Crippen LogP contribution in [0.5, 0.6) is 0 Å². The lowest BCUT2D eigenvalue weighted by atomic mass is 9.50. The van der Waals surface area contributed by atoms with Crippen molar-refractivity contribution in [3.8, 4) is 0 Å². The van der Waals surface area contributed by atoms with Gasteiger partial charge in [-0.2, -0.15) is 9.72 Å². The van der Waals surface area contributed by atoms with Crippen LogP contribution in [0.4, 0.5) is 0 Å². The predicted octanol–water partition coefficient (Wildman–Crippen LogP) is 0.345. The number of hydrogen-bond acceptors (Lipinski definition) is 3. The summed E-state index contributed by atoms with van der Waals surface area (Å²) in [6.07, 6.45) is 5.03. The molecule has 0 radical (unpaired) electrons. The summed E-state index contributed by atoms with van der Waals surface area (Å²) in [4.78, 5) is 14.1. The highest BCUT2D eigenvalue weighted by Crippen LogP contribution is 2.61. The fourth-order valence-electron chi connectivity index (χ4n) is 2.15. The Hall–Kier alpha value is -1.06. The molecule has 1 aromatic heterocycles. The van der Waals surface area contributed by atoms with Crippen molar-refractivity contribution in [2.24, 2.45) is 5.92 Å². The number of rotatable bonds is 1. The summed E-state index contributed by atoms with van der Waals surface area (Å²) in [6, 6.07) is 0. The van der Waals surface area contributed by atoms with Crippen LogP contribution in [-0.2, 0) is 5.54 Å². The number of hydrogen-bond donors (Lipinski definition) is 0. The summed E-state index contributed by atoms with van der Waals surface area (Å²) in [6.45, 7) is 0. The van der Waals surface area contributed by atoms with Gasteiger partial charge in [0.1, 0.15) is 6.33 Å². The second kappa shape index (κ2) is 1.42. The molecule has 0 amide bonds. The van der Waals surface area contributed by atoms with Gasteiger partial charge in [0.05, 0.1) is 5.54 Å². The van der Waals surface area contributed by atoms with Crippen LogP contribution >= 0.6 is 0 Å². The molecule has 0 N–H and O–H groups in total. The third-order valence-electron chi connectivity index (χ3n) is 2.92. The second-order valence-corrected chi connectivity index (χ2v) is 3.63.